The van der Waals surface area contributed by atoms with E-state index in [1.807, 2.05) is 36.1 Å². The average Bonchev–Trinajstić information content (AvgIpc) is 3.29. The van der Waals surface area contributed by atoms with Gasteiger partial charge in [-0.15, -0.1) is 0 Å². The number of anilines is 1. The number of hydrogen-bond donors (Lipinski definition) is 0. The van der Waals surface area contributed by atoms with E-state index in [1.54, 1.807) is 0 Å². The van der Waals surface area contributed by atoms with Crippen LogP contribution in [0, 0.1) is 13.8 Å². The number of amides is 1. The molecule has 0 bridgehead atoms. The van der Waals surface area contributed by atoms with E-state index in [-0.39, 0.29) is 11.8 Å². The highest BCUT2D eigenvalue weighted by molar-refractivity contribution is 5.96. The Morgan fingerprint density at radius 3 is 2.63 bits per heavy atom. The Morgan fingerprint density at radius 1 is 1.15 bits per heavy atom. The summed E-state index contributed by atoms with van der Waals surface area (Å²) in [6, 6.07) is 14.3. The Labute approximate surface area is 159 Å². The van der Waals surface area contributed by atoms with Crippen LogP contribution in [0.3, 0.4) is 0 Å². The summed E-state index contributed by atoms with van der Waals surface area (Å²) in [5.41, 5.74) is 5.46. The van der Waals surface area contributed by atoms with Crippen LogP contribution in [0.25, 0.3) is 11.4 Å². The normalized spacial score (nSPS) is 16.9. The molecule has 2 heterocycles. The van der Waals surface area contributed by atoms with E-state index in [1.165, 1.54) is 11.1 Å². The van der Waals surface area contributed by atoms with E-state index in [4.69, 9.17) is 4.52 Å². The number of aromatic nitrogens is 2. The number of hydrogen-bond acceptors (Lipinski definition) is 4. The van der Waals surface area contributed by atoms with Crippen molar-refractivity contribution in [2.24, 2.45) is 0 Å². The molecule has 5 heteroatoms. The van der Waals surface area contributed by atoms with Crippen molar-refractivity contribution in [3.8, 4) is 11.4 Å². The van der Waals surface area contributed by atoms with Crippen LogP contribution in [0.4, 0.5) is 5.69 Å². The minimum absolute atomic E-state index is 0.0737. The van der Waals surface area contributed by atoms with Crippen LogP contribution in [0.15, 0.2) is 47.0 Å². The van der Waals surface area contributed by atoms with Gasteiger partial charge in [0.1, 0.15) is 0 Å². The molecule has 27 heavy (non-hydrogen) atoms. The first-order valence-corrected chi connectivity index (χ1v) is 9.35. The van der Waals surface area contributed by atoms with Gasteiger partial charge < -0.3 is 9.42 Å². The third-order valence-electron chi connectivity index (χ3n) is 5.20. The van der Waals surface area contributed by atoms with Gasteiger partial charge in [-0.1, -0.05) is 48.0 Å². The molecule has 4 rings (SSSR count). The van der Waals surface area contributed by atoms with Gasteiger partial charge in [0.25, 0.3) is 0 Å². The van der Waals surface area contributed by atoms with Gasteiger partial charge in [0.15, 0.2) is 0 Å². The Morgan fingerprint density at radius 2 is 1.93 bits per heavy atom. The van der Waals surface area contributed by atoms with Gasteiger partial charge in [-0.3, -0.25) is 4.79 Å². The zero-order valence-electron chi connectivity index (χ0n) is 15.9. The predicted octanol–water partition coefficient (Wildman–Crippen LogP) is 4.44. The standard InChI is InChI=1S/C22H23N3O2/c1-4-16-6-8-18(9-7-16)25-13-17(12-20(25)26)22-23-21(24-27-22)19-10-5-14(2)11-15(19)3/h5-11,17H,4,12-13H2,1-3H3. The first-order chi connectivity index (χ1) is 13.0. The molecule has 5 nitrogen and oxygen atoms in total. The fraction of sp³-hybridized carbons (Fsp3) is 0.318. The van der Waals surface area contributed by atoms with Crippen molar-refractivity contribution in [1.82, 2.24) is 10.1 Å². The molecule has 1 aliphatic rings. The summed E-state index contributed by atoms with van der Waals surface area (Å²) in [5, 5.41) is 4.15. The highest BCUT2D eigenvalue weighted by atomic mass is 16.5. The fourth-order valence-electron chi connectivity index (χ4n) is 3.61. The van der Waals surface area contributed by atoms with Crippen molar-refractivity contribution in [2.75, 3.05) is 11.4 Å². The van der Waals surface area contributed by atoms with Crippen molar-refractivity contribution >= 4 is 11.6 Å². The number of nitrogens with zero attached hydrogens (tertiary/aromatic N) is 3. The second-order valence-electron chi connectivity index (χ2n) is 7.20. The van der Waals surface area contributed by atoms with Crippen molar-refractivity contribution < 1.29 is 9.32 Å². The third-order valence-corrected chi connectivity index (χ3v) is 5.20. The van der Waals surface area contributed by atoms with E-state index in [2.05, 4.69) is 42.2 Å². The molecule has 1 aliphatic heterocycles. The van der Waals surface area contributed by atoms with Crippen LogP contribution in [0.2, 0.25) is 0 Å². The topological polar surface area (TPSA) is 59.2 Å². The number of carbonyl (C=O) groups is 1. The minimum atomic E-state index is -0.0737. The van der Waals surface area contributed by atoms with Crippen molar-refractivity contribution in [3.05, 3.63) is 65.0 Å². The van der Waals surface area contributed by atoms with Crippen LogP contribution in [-0.2, 0) is 11.2 Å². The summed E-state index contributed by atoms with van der Waals surface area (Å²) < 4.78 is 5.52. The molecule has 0 N–H and O–H groups in total. The molecule has 0 aliphatic carbocycles. The molecule has 2 aromatic carbocycles. The molecule has 1 amide bonds. The lowest BCUT2D eigenvalue weighted by Gasteiger charge is -2.16. The third kappa shape index (κ3) is 3.37. The van der Waals surface area contributed by atoms with Gasteiger partial charge in [-0.05, 0) is 43.5 Å². The minimum Gasteiger partial charge on any atom is -0.339 e. The molecular weight excluding hydrogens is 338 g/mol. The fourth-order valence-corrected chi connectivity index (χ4v) is 3.61. The first-order valence-electron chi connectivity index (χ1n) is 9.35. The zero-order valence-corrected chi connectivity index (χ0v) is 15.9. The zero-order chi connectivity index (χ0) is 19.0. The summed E-state index contributed by atoms with van der Waals surface area (Å²) in [6.07, 6.45) is 1.38. The van der Waals surface area contributed by atoms with E-state index < -0.39 is 0 Å². The molecule has 0 spiro atoms. The van der Waals surface area contributed by atoms with Gasteiger partial charge in [0.2, 0.25) is 17.6 Å². The summed E-state index contributed by atoms with van der Waals surface area (Å²) in [5.74, 6) is 1.14. The monoisotopic (exact) mass is 361 g/mol. The molecule has 0 saturated carbocycles. The van der Waals surface area contributed by atoms with Crippen LogP contribution in [0.5, 0.6) is 0 Å². The van der Waals surface area contributed by atoms with Crippen LogP contribution < -0.4 is 4.90 Å². The van der Waals surface area contributed by atoms with Gasteiger partial charge in [-0.25, -0.2) is 0 Å². The predicted molar refractivity (Wildman–Crippen MR) is 105 cm³/mol. The molecule has 0 radical (unpaired) electrons. The lowest BCUT2D eigenvalue weighted by atomic mass is 10.1. The van der Waals surface area contributed by atoms with Crippen molar-refractivity contribution in [1.29, 1.82) is 0 Å². The number of carbonyl (C=O) groups excluding carboxylic acids is 1. The molecule has 1 unspecified atom stereocenters. The van der Waals surface area contributed by atoms with Crippen LogP contribution in [0.1, 0.15) is 41.8 Å². The van der Waals surface area contributed by atoms with E-state index >= 15 is 0 Å². The molecule has 1 atom stereocenters. The lowest BCUT2D eigenvalue weighted by Crippen LogP contribution is -2.24. The SMILES string of the molecule is CCc1ccc(N2CC(c3nc(-c4ccc(C)cc4C)no3)CC2=O)cc1. The van der Waals surface area contributed by atoms with E-state index in [0.29, 0.717) is 24.7 Å². The maximum atomic E-state index is 12.5. The van der Waals surface area contributed by atoms with Crippen LogP contribution >= 0.6 is 0 Å². The molecule has 138 valence electrons. The summed E-state index contributed by atoms with van der Waals surface area (Å²) in [4.78, 5) is 18.9. The van der Waals surface area contributed by atoms with E-state index in [9.17, 15) is 4.79 Å². The number of rotatable bonds is 4. The van der Waals surface area contributed by atoms with Crippen LogP contribution in [-0.4, -0.2) is 22.6 Å². The molecular formula is C22H23N3O2. The number of aryl methyl sites for hydroxylation is 3. The van der Waals surface area contributed by atoms with Crippen molar-refractivity contribution in [3.63, 3.8) is 0 Å². The van der Waals surface area contributed by atoms with Gasteiger partial charge in [0, 0.05) is 24.2 Å². The highest BCUT2D eigenvalue weighted by Crippen LogP contribution is 2.32. The quantitative estimate of drug-likeness (QED) is 0.689. The van der Waals surface area contributed by atoms with E-state index in [0.717, 1.165) is 23.2 Å². The molecule has 1 aromatic heterocycles. The summed E-state index contributed by atoms with van der Waals surface area (Å²) in [6.45, 7) is 6.79. The van der Waals surface area contributed by atoms with Crippen molar-refractivity contribution in [2.45, 2.75) is 39.5 Å². The maximum absolute atomic E-state index is 12.5. The maximum Gasteiger partial charge on any atom is 0.232 e. The molecule has 1 saturated heterocycles. The molecule has 1 fully saturated rings. The smallest absolute Gasteiger partial charge is 0.232 e. The summed E-state index contributed by atoms with van der Waals surface area (Å²) >= 11 is 0. The second kappa shape index (κ2) is 6.99. The average molecular weight is 361 g/mol. The summed E-state index contributed by atoms with van der Waals surface area (Å²) in [7, 11) is 0. The van der Waals surface area contributed by atoms with Gasteiger partial charge in [0.05, 0.1) is 5.92 Å². The number of benzene rings is 2. The Hall–Kier alpha value is -2.95. The van der Waals surface area contributed by atoms with Gasteiger partial charge in [-0.2, -0.15) is 4.98 Å². The molecule has 3 aromatic rings. The lowest BCUT2D eigenvalue weighted by molar-refractivity contribution is -0.117. The Bertz CT molecular complexity index is 975. The Kier molecular flexibility index (Phi) is 4.52. The second-order valence-corrected chi connectivity index (χ2v) is 7.20. The highest BCUT2D eigenvalue weighted by Gasteiger charge is 2.35. The van der Waals surface area contributed by atoms with Gasteiger partial charge >= 0.3 is 0 Å². The Balaban J connectivity index is 1.54. The largest absolute Gasteiger partial charge is 0.339 e. The first kappa shape index (κ1) is 17.5.